The summed E-state index contributed by atoms with van der Waals surface area (Å²) in [6.45, 7) is 4.03. The molecule has 0 radical (unpaired) electrons. The van der Waals surface area contributed by atoms with E-state index >= 15 is 0 Å². The van der Waals surface area contributed by atoms with Crippen molar-refractivity contribution in [3.05, 3.63) is 45.0 Å². The molecule has 0 fully saturated rings. The number of nitrogens with zero attached hydrogens (tertiary/aromatic N) is 1. The fourth-order valence-corrected chi connectivity index (χ4v) is 4.24. The van der Waals surface area contributed by atoms with E-state index in [0.717, 1.165) is 0 Å². The lowest BCUT2D eigenvalue weighted by molar-refractivity contribution is -0.119. The molecule has 27 heavy (non-hydrogen) atoms. The van der Waals surface area contributed by atoms with Crippen LogP contribution in [0, 0.1) is 16.7 Å². The molecule has 142 valence electrons. The van der Waals surface area contributed by atoms with Gasteiger partial charge in [-0.3, -0.25) is 4.79 Å². The summed E-state index contributed by atoms with van der Waals surface area (Å²) in [5.41, 5.74) is 7.25. The van der Waals surface area contributed by atoms with Gasteiger partial charge in [-0.1, -0.05) is 29.8 Å². The summed E-state index contributed by atoms with van der Waals surface area (Å²) in [6.07, 6.45) is 0.962. The first-order chi connectivity index (χ1) is 12.7. The number of ketones is 1. The molecule has 0 amide bonds. The summed E-state index contributed by atoms with van der Waals surface area (Å²) in [7, 11) is 3.08. The number of ether oxygens (including phenoxy) is 3. The predicted octanol–water partition coefficient (Wildman–Crippen LogP) is 3.92. The maximum absolute atomic E-state index is 13.0. The van der Waals surface area contributed by atoms with Crippen LogP contribution in [0.5, 0.6) is 11.5 Å². The van der Waals surface area contributed by atoms with Crippen LogP contribution in [-0.2, 0) is 9.53 Å². The molecule has 6 nitrogen and oxygen atoms in total. The summed E-state index contributed by atoms with van der Waals surface area (Å²) < 4.78 is 17.1. The van der Waals surface area contributed by atoms with E-state index in [0.29, 0.717) is 45.7 Å². The maximum Gasteiger partial charge on any atom is 0.205 e. The van der Waals surface area contributed by atoms with Crippen molar-refractivity contribution in [2.24, 2.45) is 11.1 Å². The Morgan fingerprint density at radius 2 is 1.89 bits per heavy atom. The van der Waals surface area contributed by atoms with E-state index in [4.69, 9.17) is 19.9 Å². The Morgan fingerprint density at radius 1 is 1.26 bits per heavy atom. The van der Waals surface area contributed by atoms with Gasteiger partial charge in [0.15, 0.2) is 17.3 Å². The minimum atomic E-state index is -0.614. The maximum atomic E-state index is 13.0. The van der Waals surface area contributed by atoms with E-state index in [1.165, 1.54) is 7.11 Å². The number of nitriles is 1. The summed E-state index contributed by atoms with van der Waals surface area (Å²) in [5.74, 6) is 0.974. The van der Waals surface area contributed by atoms with Crippen LogP contribution in [0.3, 0.4) is 0 Å². The number of nitrogens with two attached hydrogens (primary N) is 1. The summed E-state index contributed by atoms with van der Waals surface area (Å²) >= 11 is 3.54. The SMILES string of the molecule is COc1cc(Br)c(C2C(C#N)=C(N)OC3=C2C(=O)CC(C)(C)C3)cc1OC. The first-order valence-electron chi connectivity index (χ1n) is 8.47. The summed E-state index contributed by atoms with van der Waals surface area (Å²) in [6, 6.07) is 5.64. The largest absolute Gasteiger partial charge is 0.493 e. The number of allylic oxidation sites excluding steroid dienone is 3. The smallest absolute Gasteiger partial charge is 0.205 e. The molecular weight excluding hydrogens is 412 g/mol. The Balaban J connectivity index is 2.25. The molecule has 0 bridgehead atoms. The highest BCUT2D eigenvalue weighted by Crippen LogP contribution is 2.50. The highest BCUT2D eigenvalue weighted by Gasteiger charge is 2.43. The number of hydrogen-bond acceptors (Lipinski definition) is 6. The highest BCUT2D eigenvalue weighted by atomic mass is 79.9. The van der Waals surface area contributed by atoms with Crippen LogP contribution in [0.25, 0.3) is 0 Å². The first kappa shape index (κ1) is 19.3. The van der Waals surface area contributed by atoms with E-state index in [2.05, 4.69) is 22.0 Å². The molecular formula is C20H21BrN2O4. The number of rotatable bonds is 3. The van der Waals surface area contributed by atoms with Crippen LogP contribution in [0.2, 0.25) is 0 Å². The van der Waals surface area contributed by atoms with Crippen molar-refractivity contribution in [3.63, 3.8) is 0 Å². The average Bonchev–Trinajstić information content (AvgIpc) is 2.59. The van der Waals surface area contributed by atoms with Crippen molar-refractivity contribution < 1.29 is 19.0 Å². The molecule has 1 aliphatic carbocycles. The van der Waals surface area contributed by atoms with Gasteiger partial charge in [0.25, 0.3) is 0 Å². The standard InChI is InChI=1S/C20H21BrN2O4/c1-20(2)7-13(24)18-16(8-20)27-19(23)11(9-22)17(18)10-5-14(25-3)15(26-4)6-12(10)21/h5-6,17H,7-8,23H2,1-4H3. The Morgan fingerprint density at radius 3 is 2.48 bits per heavy atom. The zero-order valence-electron chi connectivity index (χ0n) is 15.7. The van der Waals surface area contributed by atoms with Crippen LogP contribution in [0.1, 0.15) is 38.2 Å². The van der Waals surface area contributed by atoms with Gasteiger partial charge in [0, 0.05) is 22.9 Å². The lowest BCUT2D eigenvalue weighted by atomic mass is 9.70. The molecule has 1 unspecified atom stereocenters. The van der Waals surface area contributed by atoms with Gasteiger partial charge in [-0.25, -0.2) is 0 Å². The first-order valence-corrected chi connectivity index (χ1v) is 9.27. The summed E-state index contributed by atoms with van der Waals surface area (Å²) in [5, 5.41) is 9.72. The lowest BCUT2D eigenvalue weighted by Gasteiger charge is -2.37. The fourth-order valence-electron chi connectivity index (χ4n) is 3.69. The van der Waals surface area contributed by atoms with Gasteiger partial charge in [0.1, 0.15) is 17.4 Å². The molecule has 1 aromatic carbocycles. The van der Waals surface area contributed by atoms with Gasteiger partial charge >= 0.3 is 0 Å². The normalized spacial score (nSPS) is 21.3. The zero-order chi connectivity index (χ0) is 19.9. The molecule has 1 atom stereocenters. The fraction of sp³-hybridized carbons (Fsp3) is 0.400. The number of benzene rings is 1. The monoisotopic (exact) mass is 432 g/mol. The molecule has 1 aliphatic heterocycles. The topological polar surface area (TPSA) is 94.6 Å². The van der Waals surface area contributed by atoms with Crippen LogP contribution < -0.4 is 15.2 Å². The van der Waals surface area contributed by atoms with Gasteiger partial charge in [0.2, 0.25) is 5.88 Å². The molecule has 0 saturated carbocycles. The molecule has 3 rings (SSSR count). The van der Waals surface area contributed by atoms with Crippen molar-refractivity contribution in [3.8, 4) is 17.6 Å². The van der Waals surface area contributed by atoms with Gasteiger partial charge in [-0.05, 0) is 23.1 Å². The molecule has 1 heterocycles. The van der Waals surface area contributed by atoms with Crippen molar-refractivity contribution in [2.75, 3.05) is 14.2 Å². The minimum absolute atomic E-state index is 0.0341. The third-order valence-electron chi connectivity index (χ3n) is 4.89. The molecule has 2 N–H and O–H groups in total. The molecule has 2 aliphatic rings. The number of carbonyl (C=O) groups excluding carboxylic acids is 1. The summed E-state index contributed by atoms with van der Waals surface area (Å²) in [4.78, 5) is 13.0. The Hall–Kier alpha value is -2.46. The quantitative estimate of drug-likeness (QED) is 0.777. The molecule has 0 saturated heterocycles. The molecule has 1 aromatic rings. The van der Waals surface area contributed by atoms with Crippen LogP contribution in [0.15, 0.2) is 39.4 Å². The number of Topliss-reactive ketones (excluding diaryl/α,β-unsaturated/α-hetero) is 1. The minimum Gasteiger partial charge on any atom is -0.493 e. The highest BCUT2D eigenvalue weighted by molar-refractivity contribution is 9.10. The van der Waals surface area contributed by atoms with E-state index in [9.17, 15) is 10.1 Å². The molecule has 0 spiro atoms. The Labute approximate surface area is 166 Å². The second-order valence-corrected chi connectivity index (χ2v) is 8.29. The number of carbonyl (C=O) groups is 1. The van der Waals surface area contributed by atoms with Crippen molar-refractivity contribution in [2.45, 2.75) is 32.6 Å². The second kappa shape index (κ2) is 6.93. The van der Waals surface area contributed by atoms with Gasteiger partial charge in [0.05, 0.1) is 20.1 Å². The Bertz CT molecular complexity index is 925. The Kier molecular flexibility index (Phi) is 4.96. The van der Waals surface area contributed by atoms with Crippen molar-refractivity contribution in [1.29, 1.82) is 5.26 Å². The third-order valence-corrected chi connectivity index (χ3v) is 5.58. The van der Waals surface area contributed by atoms with Crippen LogP contribution >= 0.6 is 15.9 Å². The lowest BCUT2D eigenvalue weighted by Crippen LogP contribution is -2.33. The van der Waals surface area contributed by atoms with E-state index in [-0.39, 0.29) is 22.7 Å². The number of methoxy groups -OCH3 is 2. The average molecular weight is 433 g/mol. The van der Waals surface area contributed by atoms with E-state index in [1.54, 1.807) is 19.2 Å². The van der Waals surface area contributed by atoms with Gasteiger partial charge in [-0.2, -0.15) is 5.26 Å². The second-order valence-electron chi connectivity index (χ2n) is 7.43. The van der Waals surface area contributed by atoms with Crippen molar-refractivity contribution in [1.82, 2.24) is 0 Å². The predicted molar refractivity (Wildman–Crippen MR) is 103 cm³/mol. The molecule has 7 heteroatoms. The van der Waals surface area contributed by atoms with Crippen molar-refractivity contribution >= 4 is 21.7 Å². The van der Waals surface area contributed by atoms with Gasteiger partial charge in [-0.15, -0.1) is 0 Å². The van der Waals surface area contributed by atoms with Crippen LogP contribution in [-0.4, -0.2) is 20.0 Å². The zero-order valence-corrected chi connectivity index (χ0v) is 17.3. The van der Waals surface area contributed by atoms with E-state index < -0.39 is 5.92 Å². The van der Waals surface area contributed by atoms with E-state index in [1.807, 2.05) is 13.8 Å². The molecule has 0 aromatic heterocycles. The third kappa shape index (κ3) is 3.30. The van der Waals surface area contributed by atoms with Crippen LogP contribution in [0.4, 0.5) is 0 Å². The number of hydrogen-bond donors (Lipinski definition) is 1. The van der Waals surface area contributed by atoms with Gasteiger partial charge < -0.3 is 19.9 Å². The number of halogens is 1.